The van der Waals surface area contributed by atoms with Gasteiger partial charge in [-0.2, -0.15) is 0 Å². The van der Waals surface area contributed by atoms with Crippen LogP contribution in [0.5, 0.6) is 0 Å². The molecule has 1 atom stereocenters. The fourth-order valence-electron chi connectivity index (χ4n) is 4.35. The molecule has 1 saturated heterocycles. The first-order valence-electron chi connectivity index (χ1n) is 9.69. The second-order valence-corrected chi connectivity index (χ2v) is 9.87. The van der Waals surface area contributed by atoms with Gasteiger partial charge in [-0.3, -0.25) is 4.79 Å². The Morgan fingerprint density at radius 1 is 1.11 bits per heavy atom. The number of hydrogen-bond acceptors (Lipinski definition) is 5. The minimum atomic E-state index is -3.10. The van der Waals surface area contributed by atoms with E-state index in [2.05, 4.69) is 4.98 Å². The molecule has 2 fully saturated rings. The molecule has 1 aromatic heterocycles. The van der Waals surface area contributed by atoms with E-state index in [1.54, 1.807) is 11.0 Å². The Kier molecular flexibility index (Phi) is 5.14. The number of benzene rings is 1. The van der Waals surface area contributed by atoms with Crippen LogP contribution in [0.4, 0.5) is 0 Å². The Balaban J connectivity index is 1.44. The van der Waals surface area contributed by atoms with Gasteiger partial charge in [0, 0.05) is 23.0 Å². The zero-order valence-corrected chi connectivity index (χ0v) is 16.4. The number of rotatable bonds is 5. The molecule has 1 aliphatic heterocycles. The Labute approximate surface area is 164 Å². The molecule has 1 N–H and O–H groups in total. The number of ether oxygens (including phenoxy) is 1. The zero-order chi connectivity index (χ0) is 19.7. The average molecular weight is 404 g/mol. The van der Waals surface area contributed by atoms with Crippen LogP contribution in [0, 0.1) is 0 Å². The standard InChI is InChI=1S/C20H24N2O5S/c23-19(12-27-20(24)18-11-14-5-1-4-8-17(14)21-18)22(15-6-2-3-7-15)16-9-10-28(25,26)13-16/h1,4-5,8,11,15-16,21H,2-3,6-7,9-10,12-13H2/t16-/m0/s1. The number of para-hydroxylation sites is 1. The maximum atomic E-state index is 12.9. The predicted octanol–water partition coefficient (Wildman–Crippen LogP) is 2.28. The van der Waals surface area contributed by atoms with Gasteiger partial charge in [-0.15, -0.1) is 0 Å². The Morgan fingerprint density at radius 3 is 2.54 bits per heavy atom. The molecule has 2 aromatic rings. The molecule has 1 saturated carbocycles. The Morgan fingerprint density at radius 2 is 1.86 bits per heavy atom. The molecule has 150 valence electrons. The number of carbonyl (C=O) groups is 2. The van der Waals surface area contributed by atoms with Crippen LogP contribution in [0.15, 0.2) is 30.3 Å². The van der Waals surface area contributed by atoms with Crippen LogP contribution in [0.1, 0.15) is 42.6 Å². The van der Waals surface area contributed by atoms with E-state index in [0.717, 1.165) is 36.6 Å². The Bertz CT molecular complexity index is 958. The minimum absolute atomic E-state index is 0.00516. The van der Waals surface area contributed by atoms with Gasteiger partial charge < -0.3 is 14.6 Å². The molecule has 4 rings (SSSR count). The van der Waals surface area contributed by atoms with E-state index >= 15 is 0 Å². The number of nitrogens with zero attached hydrogens (tertiary/aromatic N) is 1. The quantitative estimate of drug-likeness (QED) is 0.771. The topological polar surface area (TPSA) is 96.5 Å². The molecule has 1 aliphatic carbocycles. The highest BCUT2D eigenvalue weighted by Gasteiger charge is 2.39. The van der Waals surface area contributed by atoms with E-state index in [1.165, 1.54) is 0 Å². The number of nitrogens with one attached hydrogen (secondary N) is 1. The van der Waals surface area contributed by atoms with E-state index in [-0.39, 0.29) is 36.1 Å². The number of aromatic nitrogens is 1. The molecule has 2 aliphatic rings. The molecule has 1 amide bonds. The van der Waals surface area contributed by atoms with E-state index in [4.69, 9.17) is 4.74 Å². The molecular formula is C20H24N2O5S. The van der Waals surface area contributed by atoms with Crippen molar-refractivity contribution in [3.63, 3.8) is 0 Å². The molecule has 1 aromatic carbocycles. The van der Waals surface area contributed by atoms with Gasteiger partial charge in [0.1, 0.15) is 5.69 Å². The molecule has 28 heavy (non-hydrogen) atoms. The van der Waals surface area contributed by atoms with Crippen molar-refractivity contribution >= 4 is 32.6 Å². The van der Waals surface area contributed by atoms with Crippen molar-refractivity contribution in [2.75, 3.05) is 18.1 Å². The lowest BCUT2D eigenvalue weighted by Gasteiger charge is -2.33. The number of sulfone groups is 1. The molecule has 7 nitrogen and oxygen atoms in total. The number of H-pyrrole nitrogens is 1. The molecular weight excluding hydrogens is 380 g/mol. The first-order valence-corrected chi connectivity index (χ1v) is 11.5. The third kappa shape index (κ3) is 3.92. The molecule has 0 bridgehead atoms. The zero-order valence-electron chi connectivity index (χ0n) is 15.6. The molecule has 8 heteroatoms. The second kappa shape index (κ2) is 7.58. The fraction of sp³-hybridized carbons (Fsp3) is 0.500. The maximum Gasteiger partial charge on any atom is 0.355 e. The summed E-state index contributed by atoms with van der Waals surface area (Å²) in [6.07, 6.45) is 4.27. The number of hydrogen-bond donors (Lipinski definition) is 1. The van der Waals surface area contributed by atoms with Gasteiger partial charge in [0.15, 0.2) is 16.4 Å². The van der Waals surface area contributed by atoms with Crippen LogP contribution in [0.25, 0.3) is 10.9 Å². The fourth-order valence-corrected chi connectivity index (χ4v) is 6.06. The number of fused-ring (bicyclic) bond motifs is 1. The minimum Gasteiger partial charge on any atom is -0.451 e. The summed E-state index contributed by atoms with van der Waals surface area (Å²) in [6.45, 7) is -0.374. The molecule has 0 radical (unpaired) electrons. The van der Waals surface area contributed by atoms with E-state index in [1.807, 2.05) is 24.3 Å². The molecule has 0 unspecified atom stereocenters. The summed E-state index contributed by atoms with van der Waals surface area (Å²) in [4.78, 5) is 29.9. The number of carbonyl (C=O) groups excluding carboxylic acids is 2. The van der Waals surface area contributed by atoms with E-state index in [0.29, 0.717) is 12.1 Å². The van der Waals surface area contributed by atoms with Crippen LogP contribution in [0.2, 0.25) is 0 Å². The summed E-state index contributed by atoms with van der Waals surface area (Å²) in [7, 11) is -3.10. The monoisotopic (exact) mass is 404 g/mol. The predicted molar refractivity (Wildman–Crippen MR) is 105 cm³/mol. The normalized spacial score (nSPS) is 21.8. The lowest BCUT2D eigenvalue weighted by molar-refractivity contribution is -0.139. The van der Waals surface area contributed by atoms with Crippen molar-refractivity contribution in [1.82, 2.24) is 9.88 Å². The summed E-state index contributed by atoms with van der Waals surface area (Å²) >= 11 is 0. The summed E-state index contributed by atoms with van der Waals surface area (Å²) in [6, 6.07) is 8.91. The summed E-state index contributed by atoms with van der Waals surface area (Å²) in [5.74, 6) is -0.776. The number of aromatic amines is 1. The summed E-state index contributed by atoms with van der Waals surface area (Å²) < 4.78 is 29.0. The van der Waals surface area contributed by atoms with Gasteiger partial charge in [0.25, 0.3) is 5.91 Å². The first-order chi connectivity index (χ1) is 13.4. The van der Waals surface area contributed by atoms with Crippen LogP contribution in [0.3, 0.4) is 0 Å². The van der Waals surface area contributed by atoms with Crippen LogP contribution < -0.4 is 0 Å². The van der Waals surface area contributed by atoms with Crippen molar-refractivity contribution in [1.29, 1.82) is 0 Å². The van der Waals surface area contributed by atoms with Crippen LogP contribution in [-0.4, -0.2) is 60.4 Å². The van der Waals surface area contributed by atoms with Crippen molar-refractivity contribution in [3.8, 4) is 0 Å². The van der Waals surface area contributed by atoms with Crippen molar-refractivity contribution in [2.24, 2.45) is 0 Å². The van der Waals surface area contributed by atoms with Gasteiger partial charge in [-0.1, -0.05) is 31.0 Å². The highest BCUT2D eigenvalue weighted by atomic mass is 32.2. The van der Waals surface area contributed by atoms with Gasteiger partial charge in [0.05, 0.1) is 11.5 Å². The average Bonchev–Trinajstić information content (AvgIpc) is 3.39. The smallest absolute Gasteiger partial charge is 0.355 e. The lowest BCUT2D eigenvalue weighted by atomic mass is 10.1. The molecule has 0 spiro atoms. The van der Waals surface area contributed by atoms with E-state index < -0.39 is 15.8 Å². The van der Waals surface area contributed by atoms with E-state index in [9.17, 15) is 18.0 Å². The van der Waals surface area contributed by atoms with Gasteiger partial charge in [0.2, 0.25) is 0 Å². The molecule has 2 heterocycles. The summed E-state index contributed by atoms with van der Waals surface area (Å²) in [5.41, 5.74) is 1.12. The maximum absolute atomic E-state index is 12.9. The third-order valence-electron chi connectivity index (χ3n) is 5.68. The van der Waals surface area contributed by atoms with Gasteiger partial charge >= 0.3 is 5.97 Å². The largest absolute Gasteiger partial charge is 0.451 e. The van der Waals surface area contributed by atoms with Crippen molar-refractivity contribution in [3.05, 3.63) is 36.0 Å². The van der Waals surface area contributed by atoms with Crippen molar-refractivity contribution < 1.29 is 22.7 Å². The number of esters is 1. The Hall–Kier alpha value is -2.35. The first kappa shape index (κ1) is 19.0. The highest BCUT2D eigenvalue weighted by molar-refractivity contribution is 7.91. The highest BCUT2D eigenvalue weighted by Crippen LogP contribution is 2.29. The van der Waals surface area contributed by atoms with Gasteiger partial charge in [-0.05, 0) is 31.4 Å². The third-order valence-corrected chi connectivity index (χ3v) is 7.43. The van der Waals surface area contributed by atoms with Crippen LogP contribution >= 0.6 is 0 Å². The summed E-state index contributed by atoms with van der Waals surface area (Å²) in [5, 5.41) is 0.893. The SMILES string of the molecule is O=C(OCC(=O)N(C1CCCC1)[C@H]1CCS(=O)(=O)C1)c1cc2ccccc2[nH]1. The second-order valence-electron chi connectivity index (χ2n) is 7.64. The van der Waals surface area contributed by atoms with Crippen molar-refractivity contribution in [2.45, 2.75) is 44.2 Å². The number of amides is 1. The van der Waals surface area contributed by atoms with Gasteiger partial charge in [-0.25, -0.2) is 13.2 Å². The lowest BCUT2D eigenvalue weighted by Crippen LogP contribution is -2.48. The van der Waals surface area contributed by atoms with Crippen LogP contribution in [-0.2, 0) is 19.4 Å².